The van der Waals surface area contributed by atoms with Crippen LogP contribution in [0.25, 0.3) is 0 Å². The van der Waals surface area contributed by atoms with Gasteiger partial charge in [0.1, 0.15) is 5.82 Å². The molecule has 2 aromatic rings. The molecule has 0 saturated carbocycles. The van der Waals surface area contributed by atoms with Gasteiger partial charge in [0, 0.05) is 45.6 Å². The van der Waals surface area contributed by atoms with Crippen LogP contribution in [0.15, 0.2) is 15.8 Å². The van der Waals surface area contributed by atoms with Gasteiger partial charge in [-0.25, -0.2) is 14.8 Å². The molecule has 3 rings (SSSR count). The highest BCUT2D eigenvalue weighted by atomic mass is 16.2. The molecule has 1 amide bonds. The maximum atomic E-state index is 12.8. The molecule has 0 aromatic carbocycles. The number of carbonyl (C=O) groups excluding carboxylic acids is 1. The van der Waals surface area contributed by atoms with Crippen LogP contribution in [0.1, 0.15) is 72.3 Å². The Labute approximate surface area is 188 Å². The number of rotatable bonds is 6. The van der Waals surface area contributed by atoms with E-state index in [4.69, 9.17) is 4.98 Å². The van der Waals surface area contributed by atoms with Gasteiger partial charge in [-0.3, -0.25) is 19.1 Å². The van der Waals surface area contributed by atoms with E-state index in [1.165, 1.54) is 11.6 Å². The van der Waals surface area contributed by atoms with Crippen molar-refractivity contribution in [3.05, 3.63) is 55.4 Å². The normalized spacial score (nSPS) is 16.9. The summed E-state index contributed by atoms with van der Waals surface area (Å²) in [6.45, 7) is 10.1. The summed E-state index contributed by atoms with van der Waals surface area (Å²) in [5, 5.41) is 0. The van der Waals surface area contributed by atoms with Crippen LogP contribution < -0.4 is 11.2 Å². The van der Waals surface area contributed by atoms with Crippen LogP contribution in [0.5, 0.6) is 0 Å². The standard InChI is InChI=1S/C23H34N6O3/c1-7-28(8-2)22(31)17-13-24-20(25-15(17)3)19-11-9-10-12-29(19)14-18-16(4)26(5)23(32)27(6)21(18)30/h13,19H,7-12,14H2,1-6H3/t19-/m0/s1. The van der Waals surface area contributed by atoms with Crippen LogP contribution in [-0.4, -0.2) is 54.4 Å². The van der Waals surface area contributed by atoms with Gasteiger partial charge in [-0.05, 0) is 47.1 Å². The Hall–Kier alpha value is -2.81. The quantitative estimate of drug-likeness (QED) is 0.676. The summed E-state index contributed by atoms with van der Waals surface area (Å²) in [6, 6.07) is -0.0404. The number of carbonyl (C=O) groups is 1. The van der Waals surface area contributed by atoms with E-state index in [2.05, 4.69) is 9.88 Å². The molecule has 0 N–H and O–H groups in total. The minimum Gasteiger partial charge on any atom is -0.339 e. The van der Waals surface area contributed by atoms with Crippen molar-refractivity contribution in [3.8, 4) is 0 Å². The van der Waals surface area contributed by atoms with Gasteiger partial charge in [0.15, 0.2) is 0 Å². The number of aryl methyl sites for hydroxylation is 1. The van der Waals surface area contributed by atoms with E-state index in [1.54, 1.807) is 18.1 Å². The fraction of sp³-hybridized carbons (Fsp3) is 0.609. The number of hydrogen-bond donors (Lipinski definition) is 0. The van der Waals surface area contributed by atoms with Crippen molar-refractivity contribution < 1.29 is 4.79 Å². The lowest BCUT2D eigenvalue weighted by molar-refractivity contribution is 0.0770. The molecule has 1 aliphatic heterocycles. The highest BCUT2D eigenvalue weighted by Gasteiger charge is 2.29. The molecule has 1 atom stereocenters. The van der Waals surface area contributed by atoms with E-state index in [1.807, 2.05) is 27.7 Å². The number of nitrogens with zero attached hydrogens (tertiary/aromatic N) is 6. The first-order chi connectivity index (χ1) is 15.2. The average Bonchev–Trinajstić information content (AvgIpc) is 2.80. The molecule has 9 nitrogen and oxygen atoms in total. The van der Waals surface area contributed by atoms with Gasteiger partial charge in [0.05, 0.1) is 22.9 Å². The molecule has 0 bridgehead atoms. The SMILES string of the molecule is CCN(CC)C(=O)c1cnc([C@@H]2CCCCN2Cc2c(C)n(C)c(=O)n(C)c2=O)nc1C. The van der Waals surface area contributed by atoms with Gasteiger partial charge in [-0.1, -0.05) is 6.42 Å². The van der Waals surface area contributed by atoms with E-state index >= 15 is 0 Å². The first-order valence-electron chi connectivity index (χ1n) is 11.3. The van der Waals surface area contributed by atoms with Crippen molar-refractivity contribution in [2.75, 3.05) is 19.6 Å². The van der Waals surface area contributed by atoms with Gasteiger partial charge in [0.2, 0.25) is 0 Å². The monoisotopic (exact) mass is 442 g/mol. The van der Waals surface area contributed by atoms with Gasteiger partial charge < -0.3 is 9.47 Å². The second-order valence-electron chi connectivity index (χ2n) is 8.46. The van der Waals surface area contributed by atoms with Gasteiger partial charge in [-0.2, -0.15) is 0 Å². The van der Waals surface area contributed by atoms with Crippen molar-refractivity contribution in [2.45, 2.75) is 59.5 Å². The molecule has 0 radical (unpaired) electrons. The molecule has 1 saturated heterocycles. The van der Waals surface area contributed by atoms with Crippen LogP contribution >= 0.6 is 0 Å². The van der Waals surface area contributed by atoms with Crippen LogP contribution in [0.3, 0.4) is 0 Å². The third kappa shape index (κ3) is 4.39. The van der Waals surface area contributed by atoms with Gasteiger partial charge in [-0.15, -0.1) is 0 Å². The molecule has 0 spiro atoms. The van der Waals surface area contributed by atoms with Crippen LogP contribution in [0.2, 0.25) is 0 Å². The van der Waals surface area contributed by atoms with Crippen LogP contribution in [0.4, 0.5) is 0 Å². The van der Waals surface area contributed by atoms with Crippen molar-refractivity contribution in [2.24, 2.45) is 14.1 Å². The molecule has 0 aliphatic carbocycles. The molecule has 2 aromatic heterocycles. The summed E-state index contributed by atoms with van der Waals surface area (Å²) in [5.74, 6) is 0.626. The highest BCUT2D eigenvalue weighted by Crippen LogP contribution is 2.30. The Morgan fingerprint density at radius 2 is 1.81 bits per heavy atom. The minimum absolute atomic E-state index is 0.0404. The third-order valence-corrected chi connectivity index (χ3v) is 6.63. The second-order valence-corrected chi connectivity index (χ2v) is 8.46. The zero-order chi connectivity index (χ0) is 23.6. The molecule has 32 heavy (non-hydrogen) atoms. The predicted molar refractivity (Wildman–Crippen MR) is 123 cm³/mol. The first kappa shape index (κ1) is 23.8. The Balaban J connectivity index is 1.93. The maximum absolute atomic E-state index is 12.8. The molecule has 1 fully saturated rings. The first-order valence-corrected chi connectivity index (χ1v) is 11.3. The molecule has 3 heterocycles. The zero-order valence-corrected chi connectivity index (χ0v) is 20.0. The third-order valence-electron chi connectivity index (χ3n) is 6.63. The zero-order valence-electron chi connectivity index (χ0n) is 20.0. The maximum Gasteiger partial charge on any atom is 0.330 e. The molecule has 0 unspecified atom stereocenters. The number of piperidine rings is 1. The lowest BCUT2D eigenvalue weighted by Gasteiger charge is -2.35. The fourth-order valence-corrected chi connectivity index (χ4v) is 4.41. The average molecular weight is 443 g/mol. The highest BCUT2D eigenvalue weighted by molar-refractivity contribution is 5.94. The van der Waals surface area contributed by atoms with E-state index < -0.39 is 0 Å². The van der Waals surface area contributed by atoms with Gasteiger partial charge >= 0.3 is 5.69 Å². The molecule has 174 valence electrons. The molecule has 1 aliphatic rings. The largest absolute Gasteiger partial charge is 0.339 e. The van der Waals surface area contributed by atoms with Crippen LogP contribution in [0, 0.1) is 13.8 Å². The fourth-order valence-electron chi connectivity index (χ4n) is 4.41. The van der Waals surface area contributed by atoms with E-state index in [9.17, 15) is 14.4 Å². The number of likely N-dealkylation sites (tertiary alicyclic amines) is 1. The lowest BCUT2D eigenvalue weighted by atomic mass is 10.00. The predicted octanol–water partition coefficient (Wildman–Crippen LogP) is 1.70. The summed E-state index contributed by atoms with van der Waals surface area (Å²) in [4.78, 5) is 51.1. The summed E-state index contributed by atoms with van der Waals surface area (Å²) >= 11 is 0. The van der Waals surface area contributed by atoms with E-state index in [-0.39, 0.29) is 23.2 Å². The molecular weight excluding hydrogens is 408 g/mol. The summed E-state index contributed by atoms with van der Waals surface area (Å²) in [5.41, 5.74) is 1.92. The van der Waals surface area contributed by atoms with Crippen molar-refractivity contribution in [1.82, 2.24) is 28.9 Å². The van der Waals surface area contributed by atoms with Crippen molar-refractivity contribution in [3.63, 3.8) is 0 Å². The Morgan fingerprint density at radius 1 is 1.12 bits per heavy atom. The smallest absolute Gasteiger partial charge is 0.330 e. The Bertz CT molecular complexity index is 1120. The summed E-state index contributed by atoms with van der Waals surface area (Å²) < 4.78 is 2.68. The number of hydrogen-bond acceptors (Lipinski definition) is 6. The molecule has 9 heteroatoms. The van der Waals surface area contributed by atoms with Crippen molar-refractivity contribution in [1.29, 1.82) is 0 Å². The minimum atomic E-state index is -0.320. The number of aromatic nitrogens is 4. The van der Waals surface area contributed by atoms with E-state index in [0.29, 0.717) is 48.0 Å². The topological polar surface area (TPSA) is 93.3 Å². The Morgan fingerprint density at radius 3 is 2.44 bits per heavy atom. The summed E-state index contributed by atoms with van der Waals surface area (Å²) in [6.07, 6.45) is 4.60. The van der Waals surface area contributed by atoms with Crippen molar-refractivity contribution >= 4 is 5.91 Å². The lowest BCUT2D eigenvalue weighted by Crippen LogP contribution is -2.43. The molecular formula is C23H34N6O3. The van der Waals surface area contributed by atoms with E-state index in [0.717, 1.165) is 30.4 Å². The van der Waals surface area contributed by atoms with Gasteiger partial charge in [0.25, 0.3) is 11.5 Å². The number of amides is 1. The second kappa shape index (κ2) is 9.77. The van der Waals surface area contributed by atoms with Crippen LogP contribution in [-0.2, 0) is 20.6 Å². The Kier molecular flexibility index (Phi) is 7.28. The summed E-state index contributed by atoms with van der Waals surface area (Å²) in [7, 11) is 3.20.